The molecule has 134 valence electrons. The molecule has 0 aromatic rings. The van der Waals surface area contributed by atoms with Crippen molar-refractivity contribution >= 4 is 0 Å². The monoisotopic (exact) mass is 489 g/mol. The average Bonchev–Trinajstić information content (AvgIpc) is 2.93. The summed E-state index contributed by atoms with van der Waals surface area (Å²) in [5, 5.41) is 0. The first-order valence-electron chi connectivity index (χ1n) is 9.17. The minimum absolute atomic E-state index is 0.342. The van der Waals surface area contributed by atoms with Crippen LogP contribution in [0, 0.1) is 5.41 Å². The maximum absolute atomic E-state index is 3.15. The third-order valence-electron chi connectivity index (χ3n) is 5.17. The molecule has 1 aliphatic carbocycles. The molecule has 0 saturated carbocycles. The molecule has 0 aromatic carbocycles. The normalized spacial score (nSPS) is 16.5. The molecule has 1 rings (SSSR count). The minimum atomic E-state index is -3.15. The maximum atomic E-state index is 2.73. The van der Waals surface area contributed by atoms with Crippen LogP contribution in [0.2, 0.25) is 0 Å². The Bertz CT molecular complexity index is 421. The van der Waals surface area contributed by atoms with Gasteiger partial charge in [0.25, 0.3) is 0 Å². The quantitative estimate of drug-likeness (QED) is 0.470. The van der Waals surface area contributed by atoms with Crippen molar-refractivity contribution in [2.45, 2.75) is 54.4 Å². The molecule has 0 N–H and O–H groups in total. The van der Waals surface area contributed by atoms with E-state index in [0.29, 0.717) is 5.41 Å². The van der Waals surface area contributed by atoms with Crippen LogP contribution in [0.3, 0.4) is 0 Å². The number of hydrogen-bond donors (Lipinski definition) is 0. The van der Waals surface area contributed by atoms with Gasteiger partial charge in [0.1, 0.15) is 0 Å². The number of nitrogens with zero attached hydrogens (tertiary/aromatic N) is 3. The molecule has 0 saturated heterocycles. The first-order valence-corrected chi connectivity index (χ1v) is 15.8. The summed E-state index contributed by atoms with van der Waals surface area (Å²) in [5.41, 5.74) is 1.97. The third kappa shape index (κ3) is 4.45. The van der Waals surface area contributed by atoms with Crippen LogP contribution in [-0.2, 0) is 20.8 Å². The standard InChI is InChI=1S/C10H15.3C3H8N.Hf/c1-10(2,3)8-9-6-4-5-7-9;3*1-3-4-2;/h4,6H,5,8H2,1-3H3;3*3H2,1-2H3;/q;3*-1;+3. The van der Waals surface area contributed by atoms with Crippen LogP contribution in [0.4, 0.5) is 0 Å². The molecule has 0 aromatic heterocycles. The van der Waals surface area contributed by atoms with Crippen molar-refractivity contribution in [3.63, 3.8) is 0 Å². The first kappa shape index (κ1) is 21.3. The van der Waals surface area contributed by atoms with Crippen LogP contribution < -0.4 is 0 Å². The fraction of sp³-hybridized carbons (Fsp3) is 0.789. The van der Waals surface area contributed by atoms with E-state index in [4.69, 9.17) is 0 Å². The summed E-state index contributed by atoms with van der Waals surface area (Å²) in [6, 6.07) is 0. The van der Waals surface area contributed by atoms with E-state index in [1.807, 2.05) is 0 Å². The van der Waals surface area contributed by atoms with Crippen molar-refractivity contribution in [3.8, 4) is 0 Å². The number of allylic oxidation sites excluding steroid dienone is 4. The van der Waals surface area contributed by atoms with Crippen molar-refractivity contribution in [2.75, 3.05) is 40.8 Å². The third-order valence-corrected chi connectivity index (χ3v) is 24.9. The topological polar surface area (TPSA) is 9.72 Å². The second-order valence-corrected chi connectivity index (χ2v) is 23.0. The molecule has 0 heterocycles. The zero-order chi connectivity index (χ0) is 17.8. The zero-order valence-corrected chi connectivity index (χ0v) is 20.6. The van der Waals surface area contributed by atoms with Crippen molar-refractivity contribution in [1.29, 1.82) is 0 Å². The molecule has 0 bridgehead atoms. The van der Waals surface area contributed by atoms with Gasteiger partial charge >= 0.3 is 151 Å². The van der Waals surface area contributed by atoms with Gasteiger partial charge in [0.15, 0.2) is 0 Å². The van der Waals surface area contributed by atoms with Crippen LogP contribution in [0.25, 0.3) is 0 Å². The summed E-state index contributed by atoms with van der Waals surface area (Å²) in [7, 11) is 7.08. The van der Waals surface area contributed by atoms with Gasteiger partial charge < -0.3 is 0 Å². The van der Waals surface area contributed by atoms with Gasteiger partial charge in [0.05, 0.1) is 0 Å². The van der Waals surface area contributed by atoms with E-state index in [-0.39, 0.29) is 0 Å². The molecule has 4 heteroatoms. The Morgan fingerprint density at radius 1 is 0.913 bits per heavy atom. The van der Waals surface area contributed by atoms with E-state index in [0.717, 1.165) is 26.1 Å². The summed E-state index contributed by atoms with van der Waals surface area (Å²) < 4.78 is 9.96. The van der Waals surface area contributed by atoms with E-state index in [1.165, 1.54) is 6.42 Å². The molecule has 0 spiro atoms. The van der Waals surface area contributed by atoms with Crippen LogP contribution >= 0.6 is 0 Å². The second kappa shape index (κ2) is 8.55. The predicted molar refractivity (Wildman–Crippen MR) is 99.8 cm³/mol. The fourth-order valence-corrected chi connectivity index (χ4v) is 23.4. The average molecular weight is 488 g/mol. The summed E-state index contributed by atoms with van der Waals surface area (Å²) >= 11 is -3.15. The summed E-state index contributed by atoms with van der Waals surface area (Å²) in [4.78, 5) is 0. The Morgan fingerprint density at radius 3 is 1.70 bits per heavy atom. The molecular formula is C19H39HfN3. The van der Waals surface area contributed by atoms with Crippen molar-refractivity contribution in [2.24, 2.45) is 5.41 Å². The summed E-state index contributed by atoms with van der Waals surface area (Å²) in [5.74, 6) is 0. The fourth-order valence-electron chi connectivity index (χ4n) is 3.87. The number of rotatable bonds is 8. The molecule has 1 aliphatic rings. The first-order chi connectivity index (χ1) is 10.6. The van der Waals surface area contributed by atoms with Gasteiger partial charge in [-0.25, -0.2) is 0 Å². The Kier molecular flexibility index (Phi) is 7.91. The molecule has 0 fully saturated rings. The molecule has 23 heavy (non-hydrogen) atoms. The van der Waals surface area contributed by atoms with E-state index >= 15 is 0 Å². The molecule has 0 atom stereocenters. The van der Waals surface area contributed by atoms with Crippen LogP contribution in [-0.4, -0.2) is 49.4 Å². The van der Waals surface area contributed by atoms with Gasteiger partial charge in [-0.05, 0) is 0 Å². The zero-order valence-electron chi connectivity index (χ0n) is 17.0. The van der Waals surface area contributed by atoms with E-state index in [2.05, 4.69) is 83.5 Å². The van der Waals surface area contributed by atoms with E-state index in [9.17, 15) is 0 Å². The number of hydrogen-bond acceptors (Lipinski definition) is 3. The van der Waals surface area contributed by atoms with Gasteiger partial charge in [-0.1, -0.05) is 0 Å². The van der Waals surface area contributed by atoms with Gasteiger partial charge in [-0.15, -0.1) is 0 Å². The molecule has 0 aliphatic heterocycles. The SMILES string of the molecule is CC[N](C)[Hf]([C]1=C(CC(C)(C)C)C=CC1)([N](C)CC)[N](C)CC. The van der Waals surface area contributed by atoms with E-state index in [1.54, 1.807) is 8.90 Å². The van der Waals surface area contributed by atoms with Crippen molar-refractivity contribution in [1.82, 2.24) is 8.66 Å². The van der Waals surface area contributed by atoms with Gasteiger partial charge in [-0.3, -0.25) is 0 Å². The molecule has 0 radical (unpaired) electrons. The predicted octanol–water partition coefficient (Wildman–Crippen LogP) is 4.39. The second-order valence-electron chi connectivity index (χ2n) is 8.03. The van der Waals surface area contributed by atoms with Crippen molar-refractivity contribution < 1.29 is 20.8 Å². The Balaban J connectivity index is 3.51. The Hall–Kier alpha value is 0.230. The van der Waals surface area contributed by atoms with Gasteiger partial charge in [0, 0.05) is 0 Å². The van der Waals surface area contributed by atoms with Crippen LogP contribution in [0.15, 0.2) is 21.1 Å². The Labute approximate surface area is 150 Å². The van der Waals surface area contributed by atoms with Gasteiger partial charge in [0.2, 0.25) is 0 Å². The van der Waals surface area contributed by atoms with Crippen LogP contribution in [0.5, 0.6) is 0 Å². The summed E-state index contributed by atoms with van der Waals surface area (Å²) in [6.07, 6.45) is 7.17. The van der Waals surface area contributed by atoms with E-state index < -0.39 is 20.8 Å². The Morgan fingerprint density at radius 2 is 1.35 bits per heavy atom. The summed E-state index contributed by atoms with van der Waals surface area (Å²) in [6.45, 7) is 17.4. The van der Waals surface area contributed by atoms with Gasteiger partial charge in [-0.2, -0.15) is 0 Å². The van der Waals surface area contributed by atoms with Crippen molar-refractivity contribution in [3.05, 3.63) is 21.1 Å². The molecule has 3 nitrogen and oxygen atoms in total. The van der Waals surface area contributed by atoms with Crippen LogP contribution in [0.1, 0.15) is 54.4 Å². The molecular weight excluding hydrogens is 449 g/mol. The molecule has 0 unspecified atom stereocenters. The molecule has 0 amide bonds.